The molecule has 0 bridgehead atoms. The average Bonchev–Trinajstić information content (AvgIpc) is 2.67. The van der Waals surface area contributed by atoms with E-state index in [1.807, 2.05) is 6.92 Å². The molecule has 0 radical (unpaired) electrons. The molecular formula is C11H20N2O4. The van der Waals surface area contributed by atoms with E-state index in [9.17, 15) is 14.7 Å². The van der Waals surface area contributed by atoms with E-state index in [-0.39, 0.29) is 31.2 Å². The van der Waals surface area contributed by atoms with Gasteiger partial charge in [-0.15, -0.1) is 0 Å². The highest BCUT2D eigenvalue weighted by Gasteiger charge is 2.38. The van der Waals surface area contributed by atoms with E-state index in [0.29, 0.717) is 13.0 Å². The van der Waals surface area contributed by atoms with Gasteiger partial charge in [-0.2, -0.15) is 0 Å². The zero-order valence-electron chi connectivity index (χ0n) is 10.0. The van der Waals surface area contributed by atoms with Crippen molar-refractivity contribution in [2.24, 2.45) is 11.7 Å². The number of likely N-dealkylation sites (tertiary alicyclic amines) is 1. The van der Waals surface area contributed by atoms with Gasteiger partial charge in [-0.05, 0) is 18.9 Å². The fourth-order valence-corrected chi connectivity index (χ4v) is 1.95. The number of rotatable bonds is 5. The Balaban J connectivity index is 2.52. The highest BCUT2D eigenvalue weighted by Crippen LogP contribution is 2.20. The van der Waals surface area contributed by atoms with Crippen molar-refractivity contribution in [3.63, 3.8) is 0 Å². The van der Waals surface area contributed by atoms with Crippen LogP contribution in [0.15, 0.2) is 0 Å². The summed E-state index contributed by atoms with van der Waals surface area (Å²) < 4.78 is 0. The molecule has 3 atom stereocenters. The van der Waals surface area contributed by atoms with Gasteiger partial charge in [0.25, 0.3) is 0 Å². The van der Waals surface area contributed by atoms with E-state index in [4.69, 9.17) is 10.8 Å². The van der Waals surface area contributed by atoms with E-state index in [1.165, 1.54) is 4.90 Å². The molecule has 1 saturated heterocycles. The Morgan fingerprint density at radius 3 is 2.71 bits per heavy atom. The van der Waals surface area contributed by atoms with Crippen LogP contribution in [0.2, 0.25) is 0 Å². The lowest BCUT2D eigenvalue weighted by Gasteiger charge is -2.21. The maximum atomic E-state index is 11.8. The second-order valence-corrected chi connectivity index (χ2v) is 4.67. The summed E-state index contributed by atoms with van der Waals surface area (Å²) in [5.41, 5.74) is 5.45. The van der Waals surface area contributed by atoms with E-state index in [1.54, 1.807) is 0 Å². The first-order valence-electron chi connectivity index (χ1n) is 5.86. The quantitative estimate of drug-likeness (QED) is 0.599. The van der Waals surface area contributed by atoms with Crippen molar-refractivity contribution in [3.8, 4) is 0 Å². The monoisotopic (exact) mass is 244 g/mol. The minimum atomic E-state index is -1.05. The molecule has 1 heterocycles. The first-order valence-corrected chi connectivity index (χ1v) is 5.86. The largest absolute Gasteiger partial charge is 0.480 e. The summed E-state index contributed by atoms with van der Waals surface area (Å²) in [5, 5.41) is 18.4. The van der Waals surface area contributed by atoms with Gasteiger partial charge in [0, 0.05) is 19.4 Å². The number of aliphatic hydroxyl groups is 1. The second kappa shape index (κ2) is 5.97. The number of carboxylic acids is 1. The Kier molecular flexibility index (Phi) is 4.89. The molecule has 1 rings (SSSR count). The van der Waals surface area contributed by atoms with Gasteiger partial charge in [-0.1, -0.05) is 6.92 Å². The Labute approximate surface area is 100 Å². The molecule has 0 aromatic rings. The Bertz CT molecular complexity index is 295. The molecule has 17 heavy (non-hydrogen) atoms. The van der Waals surface area contributed by atoms with Crippen LogP contribution in [-0.2, 0) is 9.59 Å². The number of aliphatic carboxylic acids is 1. The van der Waals surface area contributed by atoms with Gasteiger partial charge in [0.2, 0.25) is 5.91 Å². The standard InChI is InChI=1S/C11H20N2O4/c1-7(5-12)2-3-10(15)13-6-8(14)4-9(13)11(16)17/h7-9,14H,2-6,12H2,1H3,(H,16,17)/t7?,8-,9-/m0/s1. The van der Waals surface area contributed by atoms with E-state index in [0.717, 1.165) is 0 Å². The molecule has 1 amide bonds. The molecule has 4 N–H and O–H groups in total. The average molecular weight is 244 g/mol. The molecule has 1 unspecified atom stereocenters. The summed E-state index contributed by atoms with van der Waals surface area (Å²) in [6.45, 7) is 2.58. The number of hydrogen-bond donors (Lipinski definition) is 3. The maximum Gasteiger partial charge on any atom is 0.326 e. The lowest BCUT2D eigenvalue weighted by Crippen LogP contribution is -2.40. The summed E-state index contributed by atoms with van der Waals surface area (Å²) in [7, 11) is 0. The third-order valence-corrected chi connectivity index (χ3v) is 3.14. The molecule has 0 aromatic heterocycles. The summed E-state index contributed by atoms with van der Waals surface area (Å²) in [6, 6.07) is -0.884. The number of carboxylic acid groups (broad SMARTS) is 1. The van der Waals surface area contributed by atoms with Crippen molar-refractivity contribution in [2.45, 2.75) is 38.3 Å². The van der Waals surface area contributed by atoms with Crippen LogP contribution < -0.4 is 5.73 Å². The normalized spacial score (nSPS) is 25.9. The fourth-order valence-electron chi connectivity index (χ4n) is 1.95. The molecular weight excluding hydrogens is 224 g/mol. The van der Waals surface area contributed by atoms with Crippen LogP contribution in [0, 0.1) is 5.92 Å². The highest BCUT2D eigenvalue weighted by molar-refractivity contribution is 5.84. The van der Waals surface area contributed by atoms with E-state index in [2.05, 4.69) is 0 Å². The zero-order valence-corrected chi connectivity index (χ0v) is 10.0. The first kappa shape index (κ1) is 13.9. The zero-order chi connectivity index (χ0) is 13.0. The Morgan fingerprint density at radius 1 is 1.53 bits per heavy atom. The summed E-state index contributed by atoms with van der Waals surface area (Å²) in [5.74, 6) is -1.02. The van der Waals surface area contributed by atoms with Gasteiger partial charge in [-0.25, -0.2) is 4.79 Å². The minimum Gasteiger partial charge on any atom is -0.480 e. The Hall–Kier alpha value is -1.14. The molecule has 1 fully saturated rings. The molecule has 0 aliphatic carbocycles. The number of aliphatic hydroxyl groups excluding tert-OH is 1. The van der Waals surface area contributed by atoms with Crippen LogP contribution in [-0.4, -0.2) is 52.2 Å². The van der Waals surface area contributed by atoms with Crippen molar-refractivity contribution in [1.29, 1.82) is 0 Å². The number of hydrogen-bond acceptors (Lipinski definition) is 4. The molecule has 98 valence electrons. The lowest BCUT2D eigenvalue weighted by molar-refractivity contribution is -0.148. The predicted molar refractivity (Wildman–Crippen MR) is 61.2 cm³/mol. The van der Waals surface area contributed by atoms with Crippen LogP contribution in [0.25, 0.3) is 0 Å². The Morgan fingerprint density at radius 2 is 2.18 bits per heavy atom. The van der Waals surface area contributed by atoms with Crippen LogP contribution in [0.5, 0.6) is 0 Å². The number of nitrogens with zero attached hydrogens (tertiary/aromatic N) is 1. The molecule has 0 spiro atoms. The van der Waals surface area contributed by atoms with Crippen molar-refractivity contribution in [3.05, 3.63) is 0 Å². The van der Waals surface area contributed by atoms with Crippen molar-refractivity contribution in [2.75, 3.05) is 13.1 Å². The third-order valence-electron chi connectivity index (χ3n) is 3.14. The molecule has 1 aliphatic rings. The molecule has 0 saturated carbocycles. The van der Waals surface area contributed by atoms with Gasteiger partial charge in [0.1, 0.15) is 6.04 Å². The lowest BCUT2D eigenvalue weighted by atomic mass is 10.1. The molecule has 6 nitrogen and oxygen atoms in total. The van der Waals surface area contributed by atoms with Gasteiger partial charge in [0.15, 0.2) is 0 Å². The van der Waals surface area contributed by atoms with Crippen LogP contribution in [0.3, 0.4) is 0 Å². The smallest absolute Gasteiger partial charge is 0.326 e. The van der Waals surface area contributed by atoms with Crippen molar-refractivity contribution in [1.82, 2.24) is 4.90 Å². The van der Waals surface area contributed by atoms with E-state index < -0.39 is 18.1 Å². The van der Waals surface area contributed by atoms with Crippen molar-refractivity contribution < 1.29 is 19.8 Å². The van der Waals surface area contributed by atoms with Gasteiger partial charge in [0.05, 0.1) is 6.10 Å². The third kappa shape index (κ3) is 3.67. The molecule has 6 heteroatoms. The van der Waals surface area contributed by atoms with Crippen LogP contribution >= 0.6 is 0 Å². The van der Waals surface area contributed by atoms with Crippen LogP contribution in [0.1, 0.15) is 26.2 Å². The first-order chi connectivity index (χ1) is 7.95. The number of carbonyl (C=O) groups is 2. The molecule has 0 aromatic carbocycles. The fraction of sp³-hybridized carbons (Fsp3) is 0.818. The second-order valence-electron chi connectivity index (χ2n) is 4.67. The maximum absolute atomic E-state index is 11.8. The van der Waals surface area contributed by atoms with Crippen molar-refractivity contribution >= 4 is 11.9 Å². The molecule has 1 aliphatic heterocycles. The summed E-state index contributed by atoms with van der Waals surface area (Å²) in [4.78, 5) is 24.0. The topological polar surface area (TPSA) is 104 Å². The predicted octanol–water partition coefficient (Wildman–Crippen LogP) is -0.592. The summed E-state index contributed by atoms with van der Waals surface area (Å²) in [6.07, 6.45) is 0.323. The number of amides is 1. The minimum absolute atomic E-state index is 0.118. The highest BCUT2D eigenvalue weighted by atomic mass is 16.4. The number of nitrogens with two attached hydrogens (primary N) is 1. The van der Waals surface area contributed by atoms with E-state index >= 15 is 0 Å². The number of carbonyl (C=O) groups excluding carboxylic acids is 1. The SMILES string of the molecule is CC(CN)CCC(=O)N1C[C@@H](O)C[C@H]1C(=O)O. The van der Waals surface area contributed by atoms with Gasteiger partial charge >= 0.3 is 5.97 Å². The van der Waals surface area contributed by atoms with Gasteiger partial charge in [-0.3, -0.25) is 4.79 Å². The van der Waals surface area contributed by atoms with Gasteiger partial charge < -0.3 is 20.8 Å². The number of β-amino-alcohol motifs (C(OH)–C–C–N with tert-alkyl or cyclic N) is 1. The summed E-state index contributed by atoms with van der Waals surface area (Å²) >= 11 is 0. The van der Waals surface area contributed by atoms with Crippen LogP contribution in [0.4, 0.5) is 0 Å².